The third-order valence-corrected chi connectivity index (χ3v) is 7.73. The van der Waals surface area contributed by atoms with Crippen LogP contribution in [0.4, 0.5) is 0 Å². The number of carbonyl (C=O) groups excluding carboxylic acids is 1. The predicted molar refractivity (Wildman–Crippen MR) is 170 cm³/mol. The Balaban J connectivity index is 2.32. The number of hydrogen-bond donors (Lipinski definition) is 6. The minimum atomic E-state index is -2.37. The zero-order chi connectivity index (χ0) is 36.4. The van der Waals surface area contributed by atoms with E-state index in [1.54, 1.807) is 37.4 Å². The molecule has 1 fully saturated rings. The van der Waals surface area contributed by atoms with Crippen LogP contribution >= 0.6 is 0 Å². The average molecular weight is 698 g/mol. The van der Waals surface area contributed by atoms with Crippen LogP contribution in [0.3, 0.4) is 0 Å². The summed E-state index contributed by atoms with van der Waals surface area (Å²) in [5.41, 5.74) is -1.61. The van der Waals surface area contributed by atoms with Crippen LogP contribution < -0.4 is 5.32 Å². The van der Waals surface area contributed by atoms with Crippen LogP contribution in [0.25, 0.3) is 0 Å². The number of carbonyl (C=O) groups is 6. The van der Waals surface area contributed by atoms with Crippen LogP contribution in [0.5, 0.6) is 0 Å². The van der Waals surface area contributed by atoms with Gasteiger partial charge in [0.15, 0.2) is 0 Å². The van der Waals surface area contributed by atoms with Gasteiger partial charge in [-0.3, -0.25) is 43.5 Å². The number of rotatable bonds is 25. The number of nitrogens with zero attached hydrogens (tertiary/aromatic N) is 4. The summed E-state index contributed by atoms with van der Waals surface area (Å²) in [6, 6.07) is 7.57. The van der Waals surface area contributed by atoms with Crippen LogP contribution in [0.2, 0.25) is 0 Å². The molecule has 2 atom stereocenters. The highest BCUT2D eigenvalue weighted by Gasteiger charge is 2.46. The van der Waals surface area contributed by atoms with E-state index in [-0.39, 0.29) is 45.9 Å². The first-order chi connectivity index (χ1) is 23.2. The van der Waals surface area contributed by atoms with E-state index in [2.05, 4.69) is 5.32 Å². The number of piperidine rings is 1. The summed E-state index contributed by atoms with van der Waals surface area (Å²) in [6.07, 6.45) is 1.32. The lowest BCUT2D eigenvalue weighted by molar-refractivity contribution is -0.256. The van der Waals surface area contributed by atoms with E-state index < -0.39 is 73.5 Å². The normalized spacial score (nSPS) is 15.5. The number of ether oxygens (including phenoxy) is 1. The van der Waals surface area contributed by atoms with Crippen LogP contribution in [0.15, 0.2) is 30.3 Å². The van der Waals surface area contributed by atoms with Crippen molar-refractivity contribution in [3.63, 3.8) is 0 Å². The highest BCUT2D eigenvalue weighted by atomic mass is 16.7. The number of hydroxylamine groups is 2. The van der Waals surface area contributed by atoms with E-state index in [4.69, 9.17) is 14.7 Å². The highest BCUT2D eigenvalue weighted by Crippen LogP contribution is 2.22. The summed E-state index contributed by atoms with van der Waals surface area (Å²) in [4.78, 5) is 82.5. The predicted octanol–water partition coefficient (Wildman–Crippen LogP) is -0.807. The smallest absolute Gasteiger partial charge is 0.340 e. The van der Waals surface area contributed by atoms with Crippen molar-refractivity contribution in [2.75, 3.05) is 79.1 Å². The van der Waals surface area contributed by atoms with Crippen molar-refractivity contribution < 1.29 is 63.9 Å². The number of hydrogen-bond acceptors (Lipinski definition) is 12. The average Bonchev–Trinajstić information content (AvgIpc) is 3.02. The second-order valence-corrected chi connectivity index (χ2v) is 11.9. The standard InChI is InChI=1S/C31H47N5O13/c1-33(17-26(39)40)12-13-34(18-27(41)42)14-15-35(19-28(43)44)24(21-48-20-23-8-4-2-5-9-23)29(45)32-22-31(30(46)47,16-25(37)38)49-36-10-6-3-7-11-36/h2,4-5,8-9,24H,3,6-7,10-22H2,1H3,(H,32,45)(H,37,38)(H,39,40)(H,41,42)(H,43,44)(H,46,47). The van der Waals surface area contributed by atoms with Gasteiger partial charge in [-0.25, -0.2) is 4.79 Å². The first-order valence-electron chi connectivity index (χ1n) is 15.8. The van der Waals surface area contributed by atoms with Gasteiger partial charge < -0.3 is 35.6 Å². The maximum Gasteiger partial charge on any atom is 0.340 e. The van der Waals surface area contributed by atoms with Crippen molar-refractivity contribution in [1.29, 1.82) is 0 Å². The fraction of sp³-hybridized carbons (Fsp3) is 0.613. The minimum Gasteiger partial charge on any atom is -0.481 e. The topological polar surface area (TPSA) is 247 Å². The van der Waals surface area contributed by atoms with Gasteiger partial charge in [-0.15, -0.1) is 0 Å². The van der Waals surface area contributed by atoms with Gasteiger partial charge in [0.05, 0.1) is 45.8 Å². The number of carboxylic acid groups (broad SMARTS) is 5. The lowest BCUT2D eigenvalue weighted by Gasteiger charge is -2.36. The number of amides is 1. The molecule has 1 saturated heterocycles. The lowest BCUT2D eigenvalue weighted by Crippen LogP contribution is -2.59. The van der Waals surface area contributed by atoms with Gasteiger partial charge in [0.25, 0.3) is 0 Å². The molecule has 1 aromatic rings. The van der Waals surface area contributed by atoms with Crippen molar-refractivity contribution in [2.45, 2.75) is 43.9 Å². The Kier molecular flexibility index (Phi) is 17.6. The van der Waals surface area contributed by atoms with Crippen molar-refractivity contribution in [3.8, 4) is 0 Å². The molecule has 2 unspecified atom stereocenters. The monoisotopic (exact) mass is 697 g/mol. The largest absolute Gasteiger partial charge is 0.481 e. The van der Waals surface area contributed by atoms with Gasteiger partial charge in [-0.05, 0) is 25.5 Å². The number of benzene rings is 1. The van der Waals surface area contributed by atoms with Gasteiger partial charge in [-0.2, -0.15) is 5.06 Å². The molecule has 0 aliphatic carbocycles. The highest BCUT2D eigenvalue weighted by molar-refractivity contribution is 5.87. The van der Waals surface area contributed by atoms with Crippen molar-refractivity contribution in [2.24, 2.45) is 0 Å². The Labute approximate surface area is 283 Å². The fourth-order valence-electron chi connectivity index (χ4n) is 5.19. The summed E-state index contributed by atoms with van der Waals surface area (Å²) >= 11 is 0. The molecule has 274 valence electrons. The Bertz CT molecular complexity index is 1250. The molecule has 6 N–H and O–H groups in total. The van der Waals surface area contributed by atoms with E-state index in [0.717, 1.165) is 12.0 Å². The van der Waals surface area contributed by atoms with E-state index in [9.17, 15) is 49.2 Å². The molecular weight excluding hydrogens is 650 g/mol. The summed E-state index contributed by atoms with van der Waals surface area (Å²) in [7, 11) is 1.55. The molecule has 1 aliphatic heterocycles. The first kappa shape index (κ1) is 41.0. The molecule has 49 heavy (non-hydrogen) atoms. The Morgan fingerprint density at radius 2 is 1.43 bits per heavy atom. The van der Waals surface area contributed by atoms with E-state index in [1.165, 1.54) is 19.8 Å². The molecule has 1 amide bonds. The fourth-order valence-corrected chi connectivity index (χ4v) is 5.19. The molecular formula is C31H47N5O13. The molecule has 0 saturated carbocycles. The second kappa shape index (κ2) is 21.0. The van der Waals surface area contributed by atoms with Crippen molar-refractivity contribution in [1.82, 2.24) is 25.1 Å². The lowest BCUT2D eigenvalue weighted by atomic mass is 9.99. The van der Waals surface area contributed by atoms with E-state index in [0.29, 0.717) is 25.9 Å². The summed E-state index contributed by atoms with van der Waals surface area (Å²) in [5.74, 6) is -7.51. The minimum absolute atomic E-state index is 0.0426. The molecule has 0 bridgehead atoms. The van der Waals surface area contributed by atoms with Crippen LogP contribution in [0, 0.1) is 0 Å². The van der Waals surface area contributed by atoms with E-state index >= 15 is 0 Å². The first-order valence-corrected chi connectivity index (χ1v) is 15.8. The maximum atomic E-state index is 13.8. The second-order valence-electron chi connectivity index (χ2n) is 11.9. The van der Waals surface area contributed by atoms with Gasteiger partial charge in [0.1, 0.15) is 6.04 Å². The zero-order valence-electron chi connectivity index (χ0n) is 27.6. The van der Waals surface area contributed by atoms with Gasteiger partial charge in [0, 0.05) is 39.3 Å². The number of nitrogens with one attached hydrogen (secondary N) is 1. The van der Waals surface area contributed by atoms with Crippen LogP contribution in [0.1, 0.15) is 31.2 Å². The SMILES string of the molecule is CN(CCN(CCN(CC(=O)O)C(COCc1ccccc1)C(=O)NCC(CC(=O)O)(ON1CCCCC1)C(=O)O)CC(=O)O)CC(=O)O. The van der Waals surface area contributed by atoms with Crippen LogP contribution in [-0.2, 0) is 44.9 Å². The Hall–Kier alpha value is -4.20. The zero-order valence-corrected chi connectivity index (χ0v) is 27.6. The van der Waals surface area contributed by atoms with Gasteiger partial charge in [0.2, 0.25) is 11.5 Å². The van der Waals surface area contributed by atoms with E-state index in [1.807, 2.05) is 0 Å². The van der Waals surface area contributed by atoms with Gasteiger partial charge >= 0.3 is 29.8 Å². The number of aliphatic carboxylic acids is 5. The molecule has 2 rings (SSSR count). The Morgan fingerprint density at radius 1 is 0.816 bits per heavy atom. The molecule has 18 nitrogen and oxygen atoms in total. The van der Waals surface area contributed by atoms with Crippen molar-refractivity contribution in [3.05, 3.63) is 35.9 Å². The maximum absolute atomic E-state index is 13.8. The number of carboxylic acids is 5. The summed E-state index contributed by atoms with van der Waals surface area (Å²) in [6.45, 7) is -1.67. The molecule has 0 spiro atoms. The van der Waals surface area contributed by atoms with Crippen LogP contribution in [-0.4, -0.2) is 172 Å². The van der Waals surface area contributed by atoms with Crippen molar-refractivity contribution >= 4 is 35.8 Å². The molecule has 1 aromatic carbocycles. The summed E-state index contributed by atoms with van der Waals surface area (Å²) < 4.78 is 5.80. The van der Waals surface area contributed by atoms with Gasteiger partial charge in [-0.1, -0.05) is 36.8 Å². The third kappa shape index (κ3) is 15.7. The molecule has 1 aliphatic rings. The number of likely N-dealkylation sites (N-methyl/N-ethyl adjacent to an activating group) is 1. The molecule has 18 heteroatoms. The molecule has 0 radical (unpaired) electrons. The Morgan fingerprint density at radius 3 is 2.00 bits per heavy atom. The molecule has 1 heterocycles. The summed E-state index contributed by atoms with van der Waals surface area (Å²) in [5, 5.41) is 51.8. The third-order valence-electron chi connectivity index (χ3n) is 7.73. The quantitative estimate of drug-likeness (QED) is 0.0731. The molecule has 0 aromatic heterocycles.